The number of hydrogen-bond donors (Lipinski definition) is 0. The third kappa shape index (κ3) is 4.51. The van der Waals surface area contributed by atoms with E-state index in [1.807, 2.05) is 0 Å². The molecular weight excluding hydrogens is 356 g/mol. The molecule has 0 fully saturated rings. The van der Waals surface area contributed by atoms with Crippen LogP contribution >= 0.6 is 0 Å². The van der Waals surface area contributed by atoms with E-state index in [1.165, 1.54) is 33.8 Å². The number of carbonyl (C=O) groups excluding carboxylic acids is 1. The Hall–Kier alpha value is -2.61. The molecule has 26 heavy (non-hydrogen) atoms. The molecule has 0 aliphatic carbocycles. The molecule has 1 aromatic heterocycles. The highest BCUT2D eigenvalue weighted by atomic mass is 32.2. The Labute approximate surface area is 153 Å². The lowest BCUT2D eigenvalue weighted by atomic mass is 10.1. The summed E-state index contributed by atoms with van der Waals surface area (Å²) < 4.78 is 32.4. The summed E-state index contributed by atoms with van der Waals surface area (Å²) in [6.07, 6.45) is 3.38. The standard InChI is InChI=1S/C18H22N2O5S/c1-23-14-10-8-13(17(24-2)18(14)25-3)9-11-15(21)20-26(4,22)16-7-5-6-12-19-16/h5-8,10,12H,9,11H2,1-4H3. The molecular formula is C18H22N2O5S. The molecule has 0 spiro atoms. The summed E-state index contributed by atoms with van der Waals surface area (Å²) in [6, 6.07) is 8.56. The van der Waals surface area contributed by atoms with Gasteiger partial charge < -0.3 is 14.2 Å². The van der Waals surface area contributed by atoms with Crippen LogP contribution in [0.25, 0.3) is 0 Å². The SMILES string of the molecule is COc1ccc(CCC(=O)N=S(C)(=O)c2ccccn2)c(OC)c1OC. The largest absolute Gasteiger partial charge is 0.493 e. The van der Waals surface area contributed by atoms with Crippen molar-refractivity contribution in [2.45, 2.75) is 17.9 Å². The van der Waals surface area contributed by atoms with Crippen LogP contribution in [-0.2, 0) is 20.9 Å². The van der Waals surface area contributed by atoms with Crippen LogP contribution in [0.4, 0.5) is 0 Å². The molecule has 1 amide bonds. The Morgan fingerprint density at radius 2 is 1.81 bits per heavy atom. The number of benzene rings is 1. The number of methoxy groups -OCH3 is 3. The van der Waals surface area contributed by atoms with Gasteiger partial charge in [-0.25, -0.2) is 9.19 Å². The first-order valence-electron chi connectivity index (χ1n) is 7.86. The van der Waals surface area contributed by atoms with Crippen molar-refractivity contribution in [3.05, 3.63) is 42.1 Å². The van der Waals surface area contributed by atoms with Gasteiger partial charge in [-0.15, -0.1) is 0 Å². The highest BCUT2D eigenvalue weighted by Crippen LogP contribution is 2.40. The molecule has 0 aliphatic heterocycles. The van der Waals surface area contributed by atoms with E-state index in [9.17, 15) is 9.00 Å². The van der Waals surface area contributed by atoms with E-state index in [1.54, 1.807) is 30.3 Å². The first-order valence-corrected chi connectivity index (χ1v) is 9.79. The van der Waals surface area contributed by atoms with Gasteiger partial charge in [-0.3, -0.25) is 4.79 Å². The molecule has 2 aromatic rings. The molecule has 0 bridgehead atoms. The van der Waals surface area contributed by atoms with Gasteiger partial charge >= 0.3 is 0 Å². The number of aryl methyl sites for hydroxylation is 1. The second-order valence-corrected chi connectivity index (χ2v) is 7.65. The van der Waals surface area contributed by atoms with Gasteiger partial charge in [0.15, 0.2) is 11.5 Å². The van der Waals surface area contributed by atoms with E-state index < -0.39 is 15.6 Å². The Balaban J connectivity index is 2.20. The molecule has 7 nitrogen and oxygen atoms in total. The van der Waals surface area contributed by atoms with Gasteiger partial charge in [-0.05, 0) is 30.2 Å². The Morgan fingerprint density at radius 3 is 2.38 bits per heavy atom. The van der Waals surface area contributed by atoms with Crippen molar-refractivity contribution in [1.29, 1.82) is 0 Å². The third-order valence-corrected chi connectivity index (χ3v) is 5.27. The Bertz CT molecular complexity index is 890. The number of ether oxygens (including phenoxy) is 3. The zero-order valence-corrected chi connectivity index (χ0v) is 16.0. The number of hydrogen-bond acceptors (Lipinski definition) is 6. The maximum Gasteiger partial charge on any atom is 0.254 e. The lowest BCUT2D eigenvalue weighted by Crippen LogP contribution is -2.06. The molecule has 1 unspecified atom stereocenters. The van der Waals surface area contributed by atoms with Crippen LogP contribution < -0.4 is 14.2 Å². The molecule has 0 saturated carbocycles. The molecule has 140 valence electrons. The first-order chi connectivity index (χ1) is 12.4. The van der Waals surface area contributed by atoms with Crippen LogP contribution in [0, 0.1) is 0 Å². The summed E-state index contributed by atoms with van der Waals surface area (Å²) in [5.74, 6) is 1.04. The van der Waals surface area contributed by atoms with Crippen LogP contribution in [0.3, 0.4) is 0 Å². The maximum atomic E-state index is 12.6. The van der Waals surface area contributed by atoms with E-state index in [0.29, 0.717) is 23.7 Å². The van der Waals surface area contributed by atoms with E-state index in [-0.39, 0.29) is 11.4 Å². The molecule has 1 heterocycles. The highest BCUT2D eigenvalue weighted by molar-refractivity contribution is 7.93. The normalized spacial score (nSPS) is 12.8. The predicted molar refractivity (Wildman–Crippen MR) is 98.4 cm³/mol. The second-order valence-electron chi connectivity index (χ2n) is 5.45. The van der Waals surface area contributed by atoms with Crippen molar-refractivity contribution in [2.24, 2.45) is 4.36 Å². The molecule has 8 heteroatoms. The van der Waals surface area contributed by atoms with Gasteiger partial charge in [0.2, 0.25) is 5.75 Å². The zero-order valence-electron chi connectivity index (χ0n) is 15.2. The van der Waals surface area contributed by atoms with Crippen molar-refractivity contribution in [1.82, 2.24) is 4.98 Å². The summed E-state index contributed by atoms with van der Waals surface area (Å²) in [5.41, 5.74) is 0.772. The third-order valence-electron chi connectivity index (χ3n) is 3.70. The fourth-order valence-corrected chi connectivity index (χ4v) is 3.62. The van der Waals surface area contributed by atoms with Crippen molar-refractivity contribution in [2.75, 3.05) is 27.6 Å². The summed E-state index contributed by atoms with van der Waals surface area (Å²) in [7, 11) is 1.71. The van der Waals surface area contributed by atoms with Crippen LogP contribution in [-0.4, -0.2) is 42.7 Å². The minimum atomic E-state index is -2.86. The monoisotopic (exact) mass is 378 g/mol. The van der Waals surface area contributed by atoms with Gasteiger partial charge in [0.1, 0.15) is 5.03 Å². The lowest BCUT2D eigenvalue weighted by Gasteiger charge is -2.15. The van der Waals surface area contributed by atoms with Crippen LogP contribution in [0.2, 0.25) is 0 Å². The molecule has 0 saturated heterocycles. The Kier molecular flexibility index (Phi) is 6.57. The summed E-state index contributed by atoms with van der Waals surface area (Å²) in [4.78, 5) is 16.2. The quantitative estimate of drug-likeness (QED) is 0.736. The minimum absolute atomic E-state index is 0.0868. The van der Waals surface area contributed by atoms with E-state index in [0.717, 1.165) is 5.56 Å². The highest BCUT2D eigenvalue weighted by Gasteiger charge is 2.17. The molecule has 0 radical (unpaired) electrons. The number of nitrogens with zero attached hydrogens (tertiary/aromatic N) is 2. The van der Waals surface area contributed by atoms with Crippen LogP contribution in [0.15, 0.2) is 45.9 Å². The average molecular weight is 378 g/mol. The maximum absolute atomic E-state index is 12.6. The van der Waals surface area contributed by atoms with Crippen LogP contribution in [0.5, 0.6) is 17.2 Å². The lowest BCUT2D eigenvalue weighted by molar-refractivity contribution is -0.117. The summed E-state index contributed by atoms with van der Waals surface area (Å²) >= 11 is 0. The predicted octanol–water partition coefficient (Wildman–Crippen LogP) is 2.72. The van der Waals surface area contributed by atoms with Crippen molar-refractivity contribution < 1.29 is 23.2 Å². The number of carbonyl (C=O) groups is 1. The van der Waals surface area contributed by atoms with Gasteiger partial charge in [0.25, 0.3) is 5.91 Å². The summed E-state index contributed by atoms with van der Waals surface area (Å²) in [5, 5.41) is 0.289. The smallest absolute Gasteiger partial charge is 0.254 e. The van der Waals surface area contributed by atoms with E-state index in [2.05, 4.69) is 9.35 Å². The number of pyridine rings is 1. The van der Waals surface area contributed by atoms with Crippen molar-refractivity contribution in [3.63, 3.8) is 0 Å². The van der Waals surface area contributed by atoms with Crippen molar-refractivity contribution >= 4 is 15.6 Å². The fourth-order valence-electron chi connectivity index (χ4n) is 2.46. The minimum Gasteiger partial charge on any atom is -0.493 e. The topological polar surface area (TPSA) is 87.1 Å². The van der Waals surface area contributed by atoms with Gasteiger partial charge in [-0.2, -0.15) is 4.36 Å². The Morgan fingerprint density at radius 1 is 1.08 bits per heavy atom. The summed E-state index contributed by atoms with van der Waals surface area (Å²) in [6.45, 7) is 0. The van der Waals surface area contributed by atoms with Gasteiger partial charge in [0.05, 0.1) is 31.1 Å². The second kappa shape index (κ2) is 8.66. The molecule has 0 aliphatic rings. The number of amides is 1. The van der Waals surface area contributed by atoms with E-state index >= 15 is 0 Å². The molecule has 2 rings (SSSR count). The van der Waals surface area contributed by atoms with Crippen molar-refractivity contribution in [3.8, 4) is 17.2 Å². The first kappa shape index (κ1) is 19.7. The molecule has 1 atom stereocenters. The fraction of sp³-hybridized carbons (Fsp3) is 0.333. The van der Waals surface area contributed by atoms with Crippen LogP contribution in [0.1, 0.15) is 12.0 Å². The molecule has 0 N–H and O–H groups in total. The van der Waals surface area contributed by atoms with Gasteiger partial charge in [-0.1, -0.05) is 12.1 Å². The van der Waals surface area contributed by atoms with Gasteiger partial charge in [0, 0.05) is 18.9 Å². The number of aromatic nitrogens is 1. The molecule has 1 aromatic carbocycles. The average Bonchev–Trinajstić information content (AvgIpc) is 2.65. The van der Waals surface area contributed by atoms with E-state index in [4.69, 9.17) is 14.2 Å². The zero-order chi connectivity index (χ0) is 19.2. The number of rotatable bonds is 7.